The Morgan fingerprint density at radius 1 is 1.09 bits per heavy atom. The van der Waals surface area contributed by atoms with Crippen LogP contribution in [0.2, 0.25) is 0 Å². The van der Waals surface area contributed by atoms with Crippen molar-refractivity contribution in [2.24, 2.45) is 0 Å². The molecule has 0 unspecified atom stereocenters. The lowest BCUT2D eigenvalue weighted by Crippen LogP contribution is -2.48. The van der Waals surface area contributed by atoms with Crippen LogP contribution in [0.4, 0.5) is 15.2 Å². The second kappa shape index (κ2) is 9.63. The van der Waals surface area contributed by atoms with E-state index >= 15 is 0 Å². The molecule has 1 aromatic heterocycles. The molecule has 0 atom stereocenters. The molecule has 12 heteroatoms. The third-order valence-electron chi connectivity index (χ3n) is 5.06. The SMILES string of the molecule is COc1ccc(Nc2nn(CN3CCN(S(=O)(=O)c4ccc(F)cc4)CC3)c(=S)s2)cc1. The highest BCUT2D eigenvalue weighted by molar-refractivity contribution is 7.89. The largest absolute Gasteiger partial charge is 0.497 e. The van der Waals surface area contributed by atoms with E-state index in [-0.39, 0.29) is 4.90 Å². The number of rotatable bonds is 7. The first-order valence-corrected chi connectivity index (χ1v) is 12.5. The molecule has 1 aliphatic rings. The number of aromatic nitrogens is 2. The molecule has 2 heterocycles. The number of hydrogen-bond acceptors (Lipinski definition) is 8. The molecule has 3 aromatic rings. The summed E-state index contributed by atoms with van der Waals surface area (Å²) in [6, 6.07) is 12.4. The number of ether oxygens (including phenoxy) is 1. The first kappa shape index (κ1) is 22.8. The molecule has 2 aromatic carbocycles. The molecule has 8 nitrogen and oxygen atoms in total. The average molecular weight is 496 g/mol. The van der Waals surface area contributed by atoms with Crippen molar-refractivity contribution in [2.75, 3.05) is 38.6 Å². The van der Waals surface area contributed by atoms with E-state index in [0.29, 0.717) is 41.9 Å². The summed E-state index contributed by atoms with van der Waals surface area (Å²) in [5.41, 5.74) is 0.876. The third kappa shape index (κ3) is 5.15. The molecule has 0 aliphatic carbocycles. The van der Waals surface area contributed by atoms with Crippen molar-refractivity contribution >= 4 is 44.4 Å². The number of anilines is 2. The molecule has 1 aliphatic heterocycles. The molecule has 0 spiro atoms. The quantitative estimate of drug-likeness (QED) is 0.503. The van der Waals surface area contributed by atoms with Crippen molar-refractivity contribution < 1.29 is 17.5 Å². The van der Waals surface area contributed by atoms with Crippen LogP contribution in [0, 0.1) is 9.77 Å². The maximum absolute atomic E-state index is 13.1. The second-order valence-corrected chi connectivity index (χ2v) is 10.7. The zero-order valence-electron chi connectivity index (χ0n) is 17.3. The van der Waals surface area contributed by atoms with Crippen molar-refractivity contribution in [1.29, 1.82) is 0 Å². The number of nitrogens with one attached hydrogen (secondary N) is 1. The molecule has 0 radical (unpaired) electrons. The monoisotopic (exact) mass is 495 g/mol. The number of benzene rings is 2. The van der Waals surface area contributed by atoms with E-state index in [1.54, 1.807) is 11.8 Å². The highest BCUT2D eigenvalue weighted by Gasteiger charge is 2.28. The van der Waals surface area contributed by atoms with Gasteiger partial charge in [-0.2, -0.15) is 4.31 Å². The van der Waals surface area contributed by atoms with Crippen molar-refractivity contribution in [2.45, 2.75) is 11.6 Å². The molecule has 32 heavy (non-hydrogen) atoms. The minimum absolute atomic E-state index is 0.100. The number of piperazine rings is 1. The Bertz CT molecular complexity index is 1220. The Labute approximate surface area is 194 Å². The summed E-state index contributed by atoms with van der Waals surface area (Å²) in [5.74, 6) is 0.309. The van der Waals surface area contributed by atoms with Gasteiger partial charge in [-0.05, 0) is 60.7 Å². The van der Waals surface area contributed by atoms with Gasteiger partial charge in [0.2, 0.25) is 15.2 Å². The Hall–Kier alpha value is -2.38. The lowest BCUT2D eigenvalue weighted by atomic mass is 10.3. The summed E-state index contributed by atoms with van der Waals surface area (Å²) >= 11 is 6.82. The Kier molecular flexibility index (Phi) is 6.86. The zero-order valence-corrected chi connectivity index (χ0v) is 19.7. The van der Waals surface area contributed by atoms with Crippen LogP contribution in [0.5, 0.6) is 5.75 Å². The summed E-state index contributed by atoms with van der Waals surface area (Å²) in [6.07, 6.45) is 0. The fraction of sp³-hybridized carbons (Fsp3) is 0.300. The standard InChI is InChI=1S/C20H22FN5O3S3/c1-29-17-6-4-16(5-7-17)22-19-23-26(20(30)31-19)14-24-10-12-25(13-11-24)32(27,28)18-8-2-15(21)3-9-18/h2-9H,10-14H2,1H3,(H,22,23). The molecule has 0 amide bonds. The lowest BCUT2D eigenvalue weighted by molar-refractivity contribution is 0.145. The van der Waals surface area contributed by atoms with Gasteiger partial charge in [-0.15, -0.1) is 5.10 Å². The maximum atomic E-state index is 13.1. The van der Waals surface area contributed by atoms with Crippen LogP contribution in [-0.2, 0) is 16.7 Å². The minimum atomic E-state index is -3.64. The predicted octanol–water partition coefficient (Wildman–Crippen LogP) is 3.53. The van der Waals surface area contributed by atoms with E-state index in [0.717, 1.165) is 23.6 Å². The topological polar surface area (TPSA) is 79.7 Å². The number of sulfonamides is 1. The molecule has 0 bridgehead atoms. The van der Waals surface area contributed by atoms with E-state index in [4.69, 9.17) is 17.0 Å². The Morgan fingerprint density at radius 3 is 2.38 bits per heavy atom. The van der Waals surface area contributed by atoms with Crippen molar-refractivity contribution in [3.05, 3.63) is 58.3 Å². The van der Waals surface area contributed by atoms with Crippen LogP contribution in [0.1, 0.15) is 0 Å². The van der Waals surface area contributed by atoms with Crippen LogP contribution < -0.4 is 10.1 Å². The van der Waals surface area contributed by atoms with Crippen LogP contribution in [0.15, 0.2) is 53.4 Å². The molecular formula is C20H22FN5O3S3. The average Bonchev–Trinajstić information content (AvgIpc) is 3.13. The highest BCUT2D eigenvalue weighted by atomic mass is 32.2. The van der Waals surface area contributed by atoms with Crippen LogP contribution >= 0.6 is 23.6 Å². The summed E-state index contributed by atoms with van der Waals surface area (Å²) in [6.45, 7) is 2.24. The lowest BCUT2D eigenvalue weighted by Gasteiger charge is -2.33. The number of hydrogen-bond donors (Lipinski definition) is 1. The molecule has 1 saturated heterocycles. The van der Waals surface area contributed by atoms with E-state index < -0.39 is 15.8 Å². The maximum Gasteiger partial charge on any atom is 0.243 e. The van der Waals surface area contributed by atoms with Gasteiger partial charge in [-0.3, -0.25) is 4.90 Å². The highest BCUT2D eigenvalue weighted by Crippen LogP contribution is 2.23. The van der Waals surface area contributed by atoms with E-state index in [1.807, 2.05) is 24.3 Å². The molecule has 1 N–H and O–H groups in total. The first-order valence-electron chi connectivity index (χ1n) is 9.82. The fourth-order valence-electron chi connectivity index (χ4n) is 3.30. The third-order valence-corrected chi connectivity index (χ3v) is 8.20. The smallest absolute Gasteiger partial charge is 0.243 e. The Morgan fingerprint density at radius 2 is 1.75 bits per heavy atom. The van der Waals surface area contributed by atoms with E-state index in [9.17, 15) is 12.8 Å². The van der Waals surface area contributed by atoms with Crippen LogP contribution in [-0.4, -0.2) is 60.7 Å². The van der Waals surface area contributed by atoms with Gasteiger partial charge in [0.05, 0.1) is 18.7 Å². The zero-order chi connectivity index (χ0) is 22.7. The summed E-state index contributed by atoms with van der Waals surface area (Å²) in [7, 11) is -2.02. The van der Waals surface area contributed by atoms with Gasteiger partial charge in [0.25, 0.3) is 0 Å². The van der Waals surface area contributed by atoms with Gasteiger partial charge in [0.15, 0.2) is 3.95 Å². The first-order chi connectivity index (χ1) is 15.3. The fourth-order valence-corrected chi connectivity index (χ4v) is 5.74. The van der Waals surface area contributed by atoms with Gasteiger partial charge in [0.1, 0.15) is 11.6 Å². The minimum Gasteiger partial charge on any atom is -0.497 e. The molecule has 1 fully saturated rings. The number of nitrogens with zero attached hydrogens (tertiary/aromatic N) is 4. The van der Waals surface area contributed by atoms with Crippen LogP contribution in [0.3, 0.4) is 0 Å². The molecule has 170 valence electrons. The number of halogens is 1. The molecular weight excluding hydrogens is 473 g/mol. The summed E-state index contributed by atoms with van der Waals surface area (Å²) in [5, 5.41) is 8.46. The van der Waals surface area contributed by atoms with E-state index in [2.05, 4.69) is 15.3 Å². The van der Waals surface area contributed by atoms with Gasteiger partial charge in [-0.25, -0.2) is 17.5 Å². The van der Waals surface area contributed by atoms with Crippen molar-refractivity contribution in [3.8, 4) is 5.75 Å². The summed E-state index contributed by atoms with van der Waals surface area (Å²) < 4.78 is 47.6. The van der Waals surface area contributed by atoms with E-state index in [1.165, 1.54) is 27.8 Å². The molecule has 0 saturated carbocycles. The van der Waals surface area contributed by atoms with Gasteiger partial charge >= 0.3 is 0 Å². The van der Waals surface area contributed by atoms with Gasteiger partial charge < -0.3 is 10.1 Å². The Balaban J connectivity index is 1.36. The van der Waals surface area contributed by atoms with Crippen molar-refractivity contribution in [3.63, 3.8) is 0 Å². The number of methoxy groups -OCH3 is 1. The van der Waals surface area contributed by atoms with Gasteiger partial charge in [-0.1, -0.05) is 11.3 Å². The predicted molar refractivity (Wildman–Crippen MR) is 124 cm³/mol. The summed E-state index contributed by atoms with van der Waals surface area (Å²) in [4.78, 5) is 2.20. The molecule has 4 rings (SSSR count). The normalized spacial score (nSPS) is 15.6. The van der Waals surface area contributed by atoms with Crippen molar-refractivity contribution in [1.82, 2.24) is 19.0 Å². The second-order valence-electron chi connectivity index (χ2n) is 7.14. The van der Waals surface area contributed by atoms with Crippen LogP contribution in [0.25, 0.3) is 0 Å². The van der Waals surface area contributed by atoms with Gasteiger partial charge in [0, 0.05) is 31.9 Å².